The second kappa shape index (κ2) is 10.6. The molecule has 0 radical (unpaired) electrons. The molecular formula is C24H27NO5. The molecule has 0 spiro atoms. The zero-order valence-electron chi connectivity index (χ0n) is 16.9. The summed E-state index contributed by atoms with van der Waals surface area (Å²) in [6, 6.07) is 17.3. The number of carboxylic acid groups (broad SMARTS) is 2. The first-order chi connectivity index (χ1) is 14.5. The minimum absolute atomic E-state index is 0.181. The van der Waals surface area contributed by atoms with Crippen LogP contribution in [0.25, 0.3) is 0 Å². The predicted octanol–water partition coefficient (Wildman–Crippen LogP) is 3.91. The smallest absolute Gasteiger partial charge is 0.328 e. The number of para-hydroxylation sites is 1. The maximum atomic E-state index is 9.55. The number of carbonyl (C=O) groups is 2. The monoisotopic (exact) mass is 409 g/mol. The van der Waals surface area contributed by atoms with Gasteiger partial charge in [0.15, 0.2) is 0 Å². The summed E-state index contributed by atoms with van der Waals surface area (Å²) in [5, 5.41) is 15.6. The van der Waals surface area contributed by atoms with Crippen LogP contribution in [0, 0.1) is 0 Å². The summed E-state index contributed by atoms with van der Waals surface area (Å²) in [6.07, 6.45) is 6.05. The van der Waals surface area contributed by atoms with Crippen molar-refractivity contribution in [1.82, 2.24) is 4.90 Å². The van der Waals surface area contributed by atoms with Crippen LogP contribution in [0.5, 0.6) is 5.75 Å². The molecule has 0 aliphatic carbocycles. The van der Waals surface area contributed by atoms with E-state index in [2.05, 4.69) is 53.4 Å². The summed E-state index contributed by atoms with van der Waals surface area (Å²) in [6.45, 7) is 3.65. The van der Waals surface area contributed by atoms with E-state index in [0.29, 0.717) is 12.2 Å². The van der Waals surface area contributed by atoms with Gasteiger partial charge in [-0.15, -0.1) is 0 Å². The highest BCUT2D eigenvalue weighted by atomic mass is 16.5. The maximum Gasteiger partial charge on any atom is 0.328 e. The van der Waals surface area contributed by atoms with E-state index in [0.717, 1.165) is 25.1 Å². The minimum atomic E-state index is -1.26. The zero-order chi connectivity index (χ0) is 21.3. The lowest BCUT2D eigenvalue weighted by Gasteiger charge is -2.22. The molecule has 2 heterocycles. The number of likely N-dealkylation sites (tertiary alicyclic amines) is 1. The Balaban J connectivity index is 0.000000275. The molecule has 2 aliphatic heterocycles. The summed E-state index contributed by atoms with van der Waals surface area (Å²) in [7, 11) is 0. The van der Waals surface area contributed by atoms with Gasteiger partial charge < -0.3 is 19.8 Å². The van der Waals surface area contributed by atoms with E-state index >= 15 is 0 Å². The normalized spacial score (nSPS) is 17.8. The van der Waals surface area contributed by atoms with Gasteiger partial charge in [-0.1, -0.05) is 42.5 Å². The average molecular weight is 409 g/mol. The number of rotatable bonds is 5. The van der Waals surface area contributed by atoms with E-state index in [4.69, 9.17) is 14.9 Å². The number of nitrogens with zero attached hydrogens (tertiary/aromatic N) is 1. The fourth-order valence-corrected chi connectivity index (χ4v) is 3.86. The van der Waals surface area contributed by atoms with E-state index < -0.39 is 11.9 Å². The summed E-state index contributed by atoms with van der Waals surface area (Å²) in [4.78, 5) is 21.7. The Kier molecular flexibility index (Phi) is 7.63. The van der Waals surface area contributed by atoms with Gasteiger partial charge in [0.1, 0.15) is 11.9 Å². The molecule has 2 aromatic carbocycles. The van der Waals surface area contributed by atoms with Crippen LogP contribution in [0.2, 0.25) is 0 Å². The molecule has 4 rings (SSSR count). The lowest BCUT2D eigenvalue weighted by Crippen LogP contribution is -2.23. The Morgan fingerprint density at radius 1 is 0.933 bits per heavy atom. The highest BCUT2D eigenvalue weighted by Gasteiger charge is 2.23. The molecule has 158 valence electrons. The van der Waals surface area contributed by atoms with Crippen molar-refractivity contribution < 1.29 is 24.5 Å². The van der Waals surface area contributed by atoms with E-state index in [1.165, 1.54) is 42.6 Å². The molecule has 1 fully saturated rings. The van der Waals surface area contributed by atoms with Gasteiger partial charge in [0.2, 0.25) is 0 Å². The standard InChI is InChI=1S/C20H23NO.C4H4O4/c1-3-9-18-16(7-1)15-17-8-2-4-10-19(17)22-20(18)11-14-21-12-5-6-13-21;5-3(6)1-2-4(7)8/h1-4,7-10,20H,5-6,11-15H2;1-2H,(H,5,6)(H,7,8)/b;2-1+. The van der Waals surface area contributed by atoms with Crippen molar-refractivity contribution in [2.45, 2.75) is 31.8 Å². The van der Waals surface area contributed by atoms with Gasteiger partial charge in [-0.2, -0.15) is 0 Å². The van der Waals surface area contributed by atoms with Crippen molar-refractivity contribution in [3.63, 3.8) is 0 Å². The Labute approximate surface area is 176 Å². The van der Waals surface area contributed by atoms with Crippen molar-refractivity contribution >= 4 is 11.9 Å². The van der Waals surface area contributed by atoms with Crippen molar-refractivity contribution in [3.8, 4) is 5.75 Å². The second-order valence-corrected chi connectivity index (χ2v) is 7.44. The van der Waals surface area contributed by atoms with Gasteiger partial charge in [-0.3, -0.25) is 0 Å². The number of carboxylic acids is 2. The molecule has 0 bridgehead atoms. The SMILES string of the molecule is O=C(O)/C=C/C(=O)O.c1ccc2c(c1)Cc1ccccc1C(CCN1CCCC1)O2. The minimum Gasteiger partial charge on any atom is -0.485 e. The fourth-order valence-electron chi connectivity index (χ4n) is 3.86. The molecule has 6 nitrogen and oxygen atoms in total. The third-order valence-corrected chi connectivity index (χ3v) is 5.30. The quantitative estimate of drug-likeness (QED) is 0.728. The number of hydrogen-bond donors (Lipinski definition) is 2. The first kappa shape index (κ1) is 21.6. The maximum absolute atomic E-state index is 9.55. The summed E-state index contributed by atoms with van der Waals surface area (Å²) >= 11 is 0. The van der Waals surface area contributed by atoms with Crippen LogP contribution in [0.3, 0.4) is 0 Å². The zero-order valence-corrected chi connectivity index (χ0v) is 16.9. The number of hydrogen-bond acceptors (Lipinski definition) is 4. The third kappa shape index (κ3) is 6.19. The summed E-state index contributed by atoms with van der Waals surface area (Å²) in [5.41, 5.74) is 4.09. The molecular weight excluding hydrogens is 382 g/mol. The Bertz CT molecular complexity index is 886. The van der Waals surface area contributed by atoms with Crippen molar-refractivity contribution in [1.29, 1.82) is 0 Å². The van der Waals surface area contributed by atoms with Crippen LogP contribution >= 0.6 is 0 Å². The third-order valence-electron chi connectivity index (χ3n) is 5.30. The van der Waals surface area contributed by atoms with Crippen molar-refractivity contribution in [2.24, 2.45) is 0 Å². The number of aliphatic carboxylic acids is 2. The van der Waals surface area contributed by atoms with E-state index in [1.807, 2.05) is 0 Å². The topological polar surface area (TPSA) is 87.1 Å². The van der Waals surface area contributed by atoms with Crippen LogP contribution < -0.4 is 4.74 Å². The molecule has 2 aliphatic rings. The summed E-state index contributed by atoms with van der Waals surface area (Å²) < 4.78 is 6.42. The number of benzene rings is 2. The largest absolute Gasteiger partial charge is 0.485 e. The van der Waals surface area contributed by atoms with Gasteiger partial charge in [0.25, 0.3) is 0 Å². The second-order valence-electron chi connectivity index (χ2n) is 7.44. The predicted molar refractivity (Wildman–Crippen MR) is 114 cm³/mol. The highest BCUT2D eigenvalue weighted by Crippen LogP contribution is 2.35. The Morgan fingerprint density at radius 2 is 1.53 bits per heavy atom. The van der Waals surface area contributed by atoms with Gasteiger partial charge in [0.05, 0.1) is 0 Å². The van der Waals surface area contributed by atoms with Crippen LogP contribution in [-0.4, -0.2) is 46.7 Å². The first-order valence-electron chi connectivity index (χ1n) is 10.2. The molecule has 2 aromatic rings. The molecule has 0 amide bonds. The average Bonchev–Trinajstić information content (AvgIpc) is 3.20. The Morgan fingerprint density at radius 3 is 2.20 bits per heavy atom. The molecule has 1 atom stereocenters. The van der Waals surface area contributed by atoms with Crippen LogP contribution in [-0.2, 0) is 16.0 Å². The number of ether oxygens (including phenoxy) is 1. The lowest BCUT2D eigenvalue weighted by molar-refractivity contribution is -0.134. The molecule has 0 aromatic heterocycles. The van der Waals surface area contributed by atoms with Gasteiger partial charge in [-0.05, 0) is 48.7 Å². The number of fused-ring (bicyclic) bond motifs is 2. The van der Waals surface area contributed by atoms with Crippen LogP contribution in [0.1, 0.15) is 42.1 Å². The van der Waals surface area contributed by atoms with Crippen LogP contribution in [0.4, 0.5) is 0 Å². The van der Waals surface area contributed by atoms with Gasteiger partial charge in [0, 0.05) is 31.5 Å². The Hall–Kier alpha value is -3.12. The van der Waals surface area contributed by atoms with Crippen LogP contribution in [0.15, 0.2) is 60.7 Å². The van der Waals surface area contributed by atoms with E-state index in [1.54, 1.807) is 0 Å². The molecule has 2 N–H and O–H groups in total. The molecule has 1 unspecified atom stereocenters. The van der Waals surface area contributed by atoms with Gasteiger partial charge >= 0.3 is 11.9 Å². The van der Waals surface area contributed by atoms with Gasteiger partial charge in [-0.25, -0.2) is 9.59 Å². The highest BCUT2D eigenvalue weighted by molar-refractivity contribution is 5.89. The molecule has 0 saturated carbocycles. The van der Waals surface area contributed by atoms with Crippen molar-refractivity contribution in [3.05, 3.63) is 77.4 Å². The summed E-state index contributed by atoms with van der Waals surface area (Å²) in [5.74, 6) is -1.45. The van der Waals surface area contributed by atoms with E-state index in [-0.39, 0.29) is 6.10 Å². The first-order valence-corrected chi connectivity index (χ1v) is 10.2. The fraction of sp³-hybridized carbons (Fsp3) is 0.333. The molecule has 6 heteroatoms. The molecule has 1 saturated heterocycles. The van der Waals surface area contributed by atoms with E-state index in [9.17, 15) is 9.59 Å². The lowest BCUT2D eigenvalue weighted by atomic mass is 9.96. The van der Waals surface area contributed by atoms with Crippen molar-refractivity contribution in [2.75, 3.05) is 19.6 Å². The molecule has 30 heavy (non-hydrogen) atoms.